The number of halogens is 1. The predicted octanol–water partition coefficient (Wildman–Crippen LogP) is 3.08. The Bertz CT molecular complexity index is 357. The number of anilines is 1. The van der Waals surface area contributed by atoms with Crippen molar-refractivity contribution in [2.45, 2.75) is 33.8 Å². The number of nitrogens with zero attached hydrogens (tertiary/aromatic N) is 2. The number of rotatable bonds is 5. The van der Waals surface area contributed by atoms with Gasteiger partial charge in [0.2, 0.25) is 0 Å². The first kappa shape index (κ1) is 13.4. The highest BCUT2D eigenvalue weighted by Crippen LogP contribution is 2.25. The molecular formula is C11H18BrN3O. The Morgan fingerprint density at radius 1 is 1.38 bits per heavy atom. The first-order valence-corrected chi connectivity index (χ1v) is 6.28. The summed E-state index contributed by atoms with van der Waals surface area (Å²) in [5, 5.41) is 3.20. The molecule has 1 atom stereocenters. The summed E-state index contributed by atoms with van der Waals surface area (Å²) in [6.45, 7) is 9.41. The van der Waals surface area contributed by atoms with Crippen molar-refractivity contribution < 1.29 is 4.74 Å². The molecule has 0 aliphatic carbocycles. The molecule has 1 rings (SSSR count). The zero-order valence-corrected chi connectivity index (χ0v) is 11.8. The maximum Gasteiger partial charge on any atom is 0.159 e. The monoisotopic (exact) mass is 287 g/mol. The molecule has 1 aromatic rings. The normalized spacial score (nSPS) is 12.6. The van der Waals surface area contributed by atoms with E-state index >= 15 is 0 Å². The highest BCUT2D eigenvalue weighted by molar-refractivity contribution is 9.10. The fourth-order valence-corrected chi connectivity index (χ4v) is 1.69. The molecule has 1 unspecified atom stereocenters. The number of ether oxygens (including phenoxy) is 1. The van der Waals surface area contributed by atoms with Crippen molar-refractivity contribution in [3.05, 3.63) is 16.0 Å². The Kier molecular flexibility index (Phi) is 5.15. The third kappa shape index (κ3) is 3.15. The van der Waals surface area contributed by atoms with E-state index < -0.39 is 0 Å². The molecule has 16 heavy (non-hydrogen) atoms. The smallest absolute Gasteiger partial charge is 0.159 e. The van der Waals surface area contributed by atoms with Gasteiger partial charge in [0.25, 0.3) is 0 Å². The third-order valence-electron chi connectivity index (χ3n) is 2.16. The summed E-state index contributed by atoms with van der Waals surface area (Å²) >= 11 is 3.48. The van der Waals surface area contributed by atoms with Crippen LogP contribution in [0.25, 0.3) is 0 Å². The molecule has 0 radical (unpaired) electrons. The van der Waals surface area contributed by atoms with Crippen molar-refractivity contribution in [3.8, 4) is 0 Å². The molecule has 0 saturated carbocycles. The lowest BCUT2D eigenvalue weighted by molar-refractivity contribution is 0.0700. The SMILES string of the molecule is CCNc1nc(C(C)OCC)nc(C)c1Br. The van der Waals surface area contributed by atoms with Crippen LogP contribution in [-0.2, 0) is 4.74 Å². The van der Waals surface area contributed by atoms with Crippen molar-refractivity contribution in [2.75, 3.05) is 18.5 Å². The van der Waals surface area contributed by atoms with Crippen LogP contribution < -0.4 is 5.32 Å². The molecule has 0 aliphatic rings. The second-order valence-corrected chi connectivity index (χ2v) is 4.25. The maximum atomic E-state index is 5.49. The van der Waals surface area contributed by atoms with Crippen LogP contribution in [0.1, 0.15) is 38.4 Å². The Labute approximate surface area is 105 Å². The lowest BCUT2D eigenvalue weighted by Crippen LogP contribution is -2.10. The number of aromatic nitrogens is 2. The lowest BCUT2D eigenvalue weighted by Gasteiger charge is -2.14. The van der Waals surface area contributed by atoms with Crippen LogP contribution in [0.2, 0.25) is 0 Å². The summed E-state index contributed by atoms with van der Waals surface area (Å²) in [5.74, 6) is 1.55. The van der Waals surface area contributed by atoms with Gasteiger partial charge in [0.1, 0.15) is 11.9 Å². The largest absolute Gasteiger partial charge is 0.371 e. The second kappa shape index (κ2) is 6.15. The second-order valence-electron chi connectivity index (χ2n) is 3.46. The minimum absolute atomic E-state index is 0.0748. The van der Waals surface area contributed by atoms with Crippen molar-refractivity contribution >= 4 is 21.7 Å². The van der Waals surface area contributed by atoms with E-state index in [2.05, 4.69) is 31.2 Å². The van der Waals surface area contributed by atoms with E-state index in [1.165, 1.54) is 0 Å². The van der Waals surface area contributed by atoms with Crippen LogP contribution in [0, 0.1) is 6.92 Å². The summed E-state index contributed by atoms with van der Waals surface area (Å²) in [4.78, 5) is 8.86. The summed E-state index contributed by atoms with van der Waals surface area (Å²) in [6, 6.07) is 0. The summed E-state index contributed by atoms with van der Waals surface area (Å²) < 4.78 is 6.41. The first-order chi connectivity index (χ1) is 7.60. The summed E-state index contributed by atoms with van der Waals surface area (Å²) in [6.07, 6.45) is -0.0748. The molecule has 0 aliphatic heterocycles. The number of aryl methyl sites for hydroxylation is 1. The van der Waals surface area contributed by atoms with Gasteiger partial charge in [0.15, 0.2) is 5.82 Å². The van der Waals surface area contributed by atoms with Gasteiger partial charge in [-0.25, -0.2) is 9.97 Å². The third-order valence-corrected chi connectivity index (χ3v) is 3.11. The Morgan fingerprint density at radius 3 is 2.62 bits per heavy atom. The fourth-order valence-electron chi connectivity index (χ4n) is 1.37. The van der Waals surface area contributed by atoms with E-state index in [4.69, 9.17) is 4.74 Å². The molecule has 0 spiro atoms. The lowest BCUT2D eigenvalue weighted by atomic mass is 10.3. The topological polar surface area (TPSA) is 47.0 Å². The van der Waals surface area contributed by atoms with Gasteiger partial charge in [-0.2, -0.15) is 0 Å². The van der Waals surface area contributed by atoms with Crippen LogP contribution in [0.5, 0.6) is 0 Å². The minimum atomic E-state index is -0.0748. The minimum Gasteiger partial charge on any atom is -0.371 e. The summed E-state index contributed by atoms with van der Waals surface area (Å²) in [5.41, 5.74) is 0.924. The number of hydrogen-bond acceptors (Lipinski definition) is 4. The molecular weight excluding hydrogens is 270 g/mol. The van der Waals surface area contributed by atoms with E-state index in [0.29, 0.717) is 6.61 Å². The van der Waals surface area contributed by atoms with E-state index in [9.17, 15) is 0 Å². The number of hydrogen-bond donors (Lipinski definition) is 1. The van der Waals surface area contributed by atoms with Crippen LogP contribution in [0.15, 0.2) is 4.47 Å². The van der Waals surface area contributed by atoms with Gasteiger partial charge < -0.3 is 10.1 Å². The average Bonchev–Trinajstić information content (AvgIpc) is 2.25. The molecule has 0 saturated heterocycles. The average molecular weight is 288 g/mol. The van der Waals surface area contributed by atoms with Crippen LogP contribution in [0.4, 0.5) is 5.82 Å². The van der Waals surface area contributed by atoms with Gasteiger partial charge in [-0.05, 0) is 43.6 Å². The molecule has 0 fully saturated rings. The molecule has 1 aromatic heterocycles. The van der Waals surface area contributed by atoms with Crippen molar-refractivity contribution in [2.24, 2.45) is 0 Å². The zero-order chi connectivity index (χ0) is 12.1. The van der Waals surface area contributed by atoms with Crippen LogP contribution in [-0.4, -0.2) is 23.1 Å². The molecule has 1 heterocycles. The highest BCUT2D eigenvalue weighted by Gasteiger charge is 2.13. The summed E-state index contributed by atoms with van der Waals surface area (Å²) in [7, 11) is 0. The van der Waals surface area contributed by atoms with E-state index in [-0.39, 0.29) is 6.10 Å². The highest BCUT2D eigenvalue weighted by atomic mass is 79.9. The predicted molar refractivity (Wildman–Crippen MR) is 68.7 cm³/mol. The zero-order valence-electron chi connectivity index (χ0n) is 10.2. The molecule has 0 amide bonds. The van der Waals surface area contributed by atoms with E-state index in [0.717, 1.165) is 28.4 Å². The first-order valence-electron chi connectivity index (χ1n) is 5.49. The quantitative estimate of drug-likeness (QED) is 0.904. The van der Waals surface area contributed by atoms with E-state index in [1.807, 2.05) is 27.7 Å². The van der Waals surface area contributed by atoms with Gasteiger partial charge in [0, 0.05) is 13.2 Å². The maximum absolute atomic E-state index is 5.49. The molecule has 0 bridgehead atoms. The van der Waals surface area contributed by atoms with Gasteiger partial charge in [0.05, 0.1) is 10.2 Å². The van der Waals surface area contributed by atoms with Gasteiger partial charge >= 0.3 is 0 Å². The van der Waals surface area contributed by atoms with Gasteiger partial charge in [-0.15, -0.1) is 0 Å². The van der Waals surface area contributed by atoms with Crippen molar-refractivity contribution in [1.29, 1.82) is 0 Å². The Balaban J connectivity index is 3.03. The fraction of sp³-hybridized carbons (Fsp3) is 0.636. The molecule has 90 valence electrons. The van der Waals surface area contributed by atoms with Crippen molar-refractivity contribution in [1.82, 2.24) is 9.97 Å². The standard InChI is InChI=1S/C11H18BrN3O/c1-5-13-11-9(12)7(3)14-10(15-11)8(4)16-6-2/h8H,5-6H2,1-4H3,(H,13,14,15). The van der Waals surface area contributed by atoms with Crippen LogP contribution in [0.3, 0.4) is 0 Å². The van der Waals surface area contributed by atoms with Crippen molar-refractivity contribution in [3.63, 3.8) is 0 Å². The Hall–Kier alpha value is -0.680. The molecule has 0 aromatic carbocycles. The molecule has 4 nitrogen and oxygen atoms in total. The number of nitrogens with one attached hydrogen (secondary N) is 1. The Morgan fingerprint density at radius 2 is 2.06 bits per heavy atom. The van der Waals surface area contributed by atoms with E-state index in [1.54, 1.807) is 0 Å². The molecule has 1 N–H and O–H groups in total. The van der Waals surface area contributed by atoms with Crippen LogP contribution >= 0.6 is 15.9 Å². The molecule has 5 heteroatoms. The van der Waals surface area contributed by atoms with Gasteiger partial charge in [-0.3, -0.25) is 0 Å². The van der Waals surface area contributed by atoms with Gasteiger partial charge in [-0.1, -0.05) is 0 Å².